The van der Waals surface area contributed by atoms with Gasteiger partial charge in [0, 0.05) is 12.5 Å². The van der Waals surface area contributed by atoms with Gasteiger partial charge in [0.05, 0.1) is 12.1 Å². The standard InChI is InChI=1S/C14H25NO3/c1-14(8-4-3-5-9-14)13(17)15-10-6-7-11(18-2)12(10)16/h10-12,16H,3-9H2,1-2H3,(H,15,17)/t10-,11-,12-/m1/s1. The van der Waals surface area contributed by atoms with Crippen LogP contribution in [0.1, 0.15) is 51.9 Å². The lowest BCUT2D eigenvalue weighted by Crippen LogP contribution is -2.49. The molecule has 4 heteroatoms. The summed E-state index contributed by atoms with van der Waals surface area (Å²) in [4.78, 5) is 12.4. The van der Waals surface area contributed by atoms with Gasteiger partial charge in [-0.3, -0.25) is 4.79 Å². The largest absolute Gasteiger partial charge is 0.388 e. The highest BCUT2D eigenvalue weighted by Gasteiger charge is 2.40. The summed E-state index contributed by atoms with van der Waals surface area (Å²) in [6.07, 6.45) is 6.38. The van der Waals surface area contributed by atoms with E-state index in [2.05, 4.69) is 12.2 Å². The van der Waals surface area contributed by atoms with Crippen LogP contribution in [0.5, 0.6) is 0 Å². The van der Waals surface area contributed by atoms with Crippen LogP contribution in [0.15, 0.2) is 0 Å². The number of amides is 1. The monoisotopic (exact) mass is 255 g/mol. The van der Waals surface area contributed by atoms with Crippen LogP contribution in [0.3, 0.4) is 0 Å². The molecular weight excluding hydrogens is 230 g/mol. The van der Waals surface area contributed by atoms with E-state index >= 15 is 0 Å². The first-order valence-electron chi connectivity index (χ1n) is 7.09. The molecular formula is C14H25NO3. The van der Waals surface area contributed by atoms with Gasteiger partial charge in [0.25, 0.3) is 0 Å². The molecule has 2 N–H and O–H groups in total. The second kappa shape index (κ2) is 5.57. The zero-order valence-electron chi connectivity index (χ0n) is 11.4. The summed E-state index contributed by atoms with van der Waals surface area (Å²) < 4.78 is 5.20. The van der Waals surface area contributed by atoms with Gasteiger partial charge in [-0.2, -0.15) is 0 Å². The van der Waals surface area contributed by atoms with Crippen molar-refractivity contribution in [2.45, 2.75) is 70.1 Å². The number of aliphatic hydroxyl groups is 1. The van der Waals surface area contributed by atoms with Gasteiger partial charge in [0.2, 0.25) is 5.91 Å². The van der Waals surface area contributed by atoms with Gasteiger partial charge in [0.15, 0.2) is 0 Å². The number of ether oxygens (including phenoxy) is 1. The van der Waals surface area contributed by atoms with E-state index < -0.39 is 6.10 Å². The zero-order valence-corrected chi connectivity index (χ0v) is 11.4. The Bertz CT molecular complexity index is 299. The lowest BCUT2D eigenvalue weighted by molar-refractivity contribution is -0.133. The molecule has 0 aliphatic heterocycles. The van der Waals surface area contributed by atoms with Crippen LogP contribution in [0.2, 0.25) is 0 Å². The van der Waals surface area contributed by atoms with E-state index in [9.17, 15) is 9.90 Å². The van der Waals surface area contributed by atoms with Gasteiger partial charge in [0.1, 0.15) is 6.10 Å². The van der Waals surface area contributed by atoms with Crippen molar-refractivity contribution in [2.24, 2.45) is 5.41 Å². The van der Waals surface area contributed by atoms with Crippen LogP contribution in [0, 0.1) is 5.41 Å². The van der Waals surface area contributed by atoms with Crippen molar-refractivity contribution in [3.8, 4) is 0 Å². The summed E-state index contributed by atoms with van der Waals surface area (Å²) in [5.41, 5.74) is -0.233. The van der Waals surface area contributed by atoms with E-state index in [1.807, 2.05) is 0 Å². The Kier molecular flexibility index (Phi) is 4.28. The average molecular weight is 255 g/mol. The minimum Gasteiger partial charge on any atom is -0.388 e. The summed E-state index contributed by atoms with van der Waals surface area (Å²) in [5, 5.41) is 13.1. The molecule has 2 saturated carbocycles. The maximum Gasteiger partial charge on any atom is 0.226 e. The topological polar surface area (TPSA) is 58.6 Å². The maximum absolute atomic E-state index is 12.4. The smallest absolute Gasteiger partial charge is 0.226 e. The summed E-state index contributed by atoms with van der Waals surface area (Å²) >= 11 is 0. The van der Waals surface area contributed by atoms with Crippen molar-refractivity contribution in [1.82, 2.24) is 5.32 Å². The fourth-order valence-electron chi connectivity index (χ4n) is 3.26. The number of hydrogen-bond acceptors (Lipinski definition) is 3. The molecule has 0 radical (unpaired) electrons. The molecule has 1 amide bonds. The van der Waals surface area contributed by atoms with Crippen molar-refractivity contribution in [1.29, 1.82) is 0 Å². The summed E-state index contributed by atoms with van der Waals surface area (Å²) in [5.74, 6) is 0.114. The SMILES string of the molecule is CO[C@@H]1CC[C@@H](NC(=O)C2(C)CCCCC2)[C@H]1O. The molecule has 0 heterocycles. The van der Waals surface area contributed by atoms with Crippen molar-refractivity contribution in [3.05, 3.63) is 0 Å². The summed E-state index contributed by atoms with van der Waals surface area (Å²) in [6, 6.07) is -0.138. The molecule has 3 atom stereocenters. The quantitative estimate of drug-likeness (QED) is 0.805. The van der Waals surface area contributed by atoms with Crippen LogP contribution >= 0.6 is 0 Å². The Morgan fingerprint density at radius 1 is 1.28 bits per heavy atom. The Labute approximate surface area is 109 Å². The molecule has 104 valence electrons. The lowest BCUT2D eigenvalue weighted by Gasteiger charge is -2.33. The minimum atomic E-state index is -0.564. The number of carbonyl (C=O) groups excluding carboxylic acids is 1. The van der Waals surface area contributed by atoms with Gasteiger partial charge in [-0.1, -0.05) is 26.2 Å². The number of aliphatic hydroxyl groups excluding tert-OH is 1. The molecule has 0 aromatic carbocycles. The molecule has 2 rings (SSSR count). The molecule has 0 saturated heterocycles. The first kappa shape index (κ1) is 13.8. The van der Waals surface area contributed by atoms with E-state index in [1.54, 1.807) is 7.11 Å². The van der Waals surface area contributed by atoms with E-state index in [0.717, 1.165) is 38.5 Å². The predicted octanol–water partition coefficient (Wildman–Crippen LogP) is 1.61. The first-order valence-corrected chi connectivity index (χ1v) is 7.09. The van der Waals surface area contributed by atoms with Crippen LogP contribution in [0.4, 0.5) is 0 Å². The van der Waals surface area contributed by atoms with Gasteiger partial charge in [-0.15, -0.1) is 0 Å². The van der Waals surface area contributed by atoms with Crippen molar-refractivity contribution in [2.75, 3.05) is 7.11 Å². The Balaban J connectivity index is 1.91. The number of carbonyl (C=O) groups is 1. The number of methoxy groups -OCH3 is 1. The van der Waals surface area contributed by atoms with Crippen molar-refractivity contribution < 1.29 is 14.6 Å². The molecule has 0 spiro atoms. The summed E-state index contributed by atoms with van der Waals surface area (Å²) in [6.45, 7) is 2.05. The van der Waals surface area contributed by atoms with Crippen LogP contribution < -0.4 is 5.32 Å². The molecule has 2 aliphatic carbocycles. The number of rotatable bonds is 3. The lowest BCUT2D eigenvalue weighted by atomic mass is 9.75. The zero-order chi connectivity index (χ0) is 13.2. The Morgan fingerprint density at radius 3 is 2.50 bits per heavy atom. The third-order valence-electron chi connectivity index (χ3n) is 4.68. The third kappa shape index (κ3) is 2.69. The normalized spacial score (nSPS) is 35.4. The van der Waals surface area contributed by atoms with E-state index in [0.29, 0.717) is 0 Å². The molecule has 0 aromatic heterocycles. The van der Waals surface area contributed by atoms with E-state index in [1.165, 1.54) is 6.42 Å². The van der Waals surface area contributed by atoms with Crippen LogP contribution in [-0.2, 0) is 9.53 Å². The average Bonchev–Trinajstić information content (AvgIpc) is 2.71. The van der Waals surface area contributed by atoms with E-state index in [4.69, 9.17) is 4.74 Å². The maximum atomic E-state index is 12.4. The van der Waals surface area contributed by atoms with Crippen LogP contribution in [-0.4, -0.2) is 36.4 Å². The molecule has 2 aliphatic rings. The highest BCUT2D eigenvalue weighted by Crippen LogP contribution is 2.36. The third-order valence-corrected chi connectivity index (χ3v) is 4.68. The summed E-state index contributed by atoms with van der Waals surface area (Å²) in [7, 11) is 1.61. The van der Waals surface area contributed by atoms with Gasteiger partial charge >= 0.3 is 0 Å². The highest BCUT2D eigenvalue weighted by molar-refractivity contribution is 5.82. The van der Waals surface area contributed by atoms with Gasteiger partial charge in [-0.05, 0) is 25.7 Å². The first-order chi connectivity index (χ1) is 8.57. The predicted molar refractivity (Wildman–Crippen MR) is 69.2 cm³/mol. The van der Waals surface area contributed by atoms with Crippen molar-refractivity contribution >= 4 is 5.91 Å². The van der Waals surface area contributed by atoms with E-state index in [-0.39, 0.29) is 23.5 Å². The molecule has 0 unspecified atom stereocenters. The number of hydrogen-bond donors (Lipinski definition) is 2. The molecule has 0 bridgehead atoms. The Hall–Kier alpha value is -0.610. The van der Waals surface area contributed by atoms with Crippen LogP contribution in [0.25, 0.3) is 0 Å². The molecule has 4 nitrogen and oxygen atoms in total. The number of nitrogens with one attached hydrogen (secondary N) is 1. The Morgan fingerprint density at radius 2 is 1.94 bits per heavy atom. The highest BCUT2D eigenvalue weighted by atomic mass is 16.5. The van der Waals surface area contributed by atoms with Gasteiger partial charge < -0.3 is 15.2 Å². The fourth-order valence-corrected chi connectivity index (χ4v) is 3.26. The molecule has 0 aromatic rings. The fraction of sp³-hybridized carbons (Fsp3) is 0.929. The minimum absolute atomic E-state index is 0.114. The second-order valence-electron chi connectivity index (χ2n) is 6.04. The molecule has 18 heavy (non-hydrogen) atoms. The second-order valence-corrected chi connectivity index (χ2v) is 6.04. The molecule has 2 fully saturated rings. The van der Waals surface area contributed by atoms with Gasteiger partial charge in [-0.25, -0.2) is 0 Å². The van der Waals surface area contributed by atoms with Crippen molar-refractivity contribution in [3.63, 3.8) is 0 Å².